The second kappa shape index (κ2) is 15.3. The van der Waals surface area contributed by atoms with Crippen LogP contribution in [0.4, 0.5) is 10.5 Å². The Labute approximate surface area is 266 Å². The molecule has 1 saturated carbocycles. The third kappa shape index (κ3) is 9.80. The molecule has 2 aliphatic carbocycles. The number of hydrogen-bond donors (Lipinski definition) is 7. The van der Waals surface area contributed by atoms with Crippen LogP contribution in [0, 0.1) is 5.92 Å². The largest absolute Gasteiger partial charge is 0.524 e. The van der Waals surface area contributed by atoms with E-state index < -0.39 is 55.2 Å². The van der Waals surface area contributed by atoms with Crippen LogP contribution in [0.2, 0.25) is 0 Å². The summed E-state index contributed by atoms with van der Waals surface area (Å²) in [6.07, 6.45) is 6.77. The van der Waals surface area contributed by atoms with Gasteiger partial charge in [0.15, 0.2) is 0 Å². The highest BCUT2D eigenvalue weighted by Gasteiger charge is 2.44. The normalized spacial score (nSPS) is 19.7. The smallest absolute Gasteiger partial charge is 0.445 e. The van der Waals surface area contributed by atoms with E-state index in [1.165, 1.54) is 24.3 Å². The van der Waals surface area contributed by atoms with Gasteiger partial charge in [-0.15, -0.1) is 0 Å². The summed E-state index contributed by atoms with van der Waals surface area (Å²) in [5.41, 5.74) is 11.8. The Kier molecular flexibility index (Phi) is 11.4. The number of alkyl carbamates (subject to hydrolysis) is 1. The summed E-state index contributed by atoms with van der Waals surface area (Å²) in [4.78, 5) is 70.9. The van der Waals surface area contributed by atoms with Crippen molar-refractivity contribution in [2.75, 3.05) is 5.73 Å². The van der Waals surface area contributed by atoms with Crippen molar-refractivity contribution in [3.05, 3.63) is 71.8 Å². The van der Waals surface area contributed by atoms with Gasteiger partial charge in [-0.3, -0.25) is 24.2 Å². The minimum atomic E-state index is -4.78. The zero-order valence-electron chi connectivity index (χ0n) is 25.2. The van der Waals surface area contributed by atoms with Crippen LogP contribution >= 0.6 is 7.82 Å². The quantitative estimate of drug-likeness (QED) is 0.1000. The van der Waals surface area contributed by atoms with Crippen LogP contribution in [0.25, 0.3) is 0 Å². The molecule has 0 radical (unpaired) electrons. The van der Waals surface area contributed by atoms with Crippen LogP contribution < -0.4 is 31.9 Å². The predicted molar refractivity (Wildman–Crippen MR) is 168 cm³/mol. The van der Waals surface area contributed by atoms with E-state index in [4.69, 9.17) is 26.0 Å². The van der Waals surface area contributed by atoms with E-state index in [1.54, 1.807) is 30.3 Å². The Morgan fingerprint density at radius 3 is 2.39 bits per heavy atom. The zero-order valence-corrected chi connectivity index (χ0v) is 26.1. The molecule has 9 N–H and O–H groups in total. The maximum atomic E-state index is 13.9. The van der Waals surface area contributed by atoms with Crippen molar-refractivity contribution >= 4 is 37.3 Å². The van der Waals surface area contributed by atoms with Crippen molar-refractivity contribution in [2.45, 2.75) is 75.6 Å². The number of primary amides is 1. The fraction of sp³-hybridized carbons (Fsp3) is 0.419. The van der Waals surface area contributed by atoms with Crippen LogP contribution in [0.15, 0.2) is 60.7 Å². The summed E-state index contributed by atoms with van der Waals surface area (Å²) >= 11 is 0. The molecule has 0 unspecified atom stereocenters. The first kappa shape index (κ1) is 34.5. The molecule has 2 aliphatic rings. The number of phosphoric acid groups is 1. The summed E-state index contributed by atoms with van der Waals surface area (Å²) in [5, 5.41) is 8.42. The maximum Gasteiger partial charge on any atom is 0.524 e. The summed E-state index contributed by atoms with van der Waals surface area (Å²) < 4.78 is 21.1. The van der Waals surface area contributed by atoms with Crippen LogP contribution in [0.5, 0.6) is 5.75 Å². The lowest BCUT2D eigenvalue weighted by Crippen LogP contribution is -2.64. The molecule has 15 heteroatoms. The highest BCUT2D eigenvalue weighted by atomic mass is 31.2. The molecule has 2 aromatic carbocycles. The first-order valence-corrected chi connectivity index (χ1v) is 16.6. The standard InChI is InChI=1S/C31H40N5O9P/c32-22-8-6-7-21(17-22)19-44-30(40)35-26(18-20-11-13-23(14-12-20)45-46(41,42)43)28(38)36-31(15-4-1-5-16-31)29(39)34-25-10-3-2-9-24(25)27(33)37/h3,6-8,10-14,17,24-26H,1-2,4-5,9,15-16,18-19,32H2,(H2,33,37)(H,34,39)(H,35,40)(H,36,38)(H2,41,42,43)/t24-,25+,26+/m1/s1. The molecule has 1 fully saturated rings. The third-order valence-electron chi connectivity index (χ3n) is 8.11. The van der Waals surface area contributed by atoms with Crippen LogP contribution in [0.3, 0.4) is 0 Å². The number of allylic oxidation sites excluding steroid dienone is 1. The molecule has 46 heavy (non-hydrogen) atoms. The molecule has 0 aliphatic heterocycles. The molecule has 248 valence electrons. The number of rotatable bonds is 12. The van der Waals surface area contributed by atoms with Gasteiger partial charge in [0.25, 0.3) is 0 Å². The Morgan fingerprint density at radius 2 is 1.74 bits per heavy atom. The topological polar surface area (TPSA) is 232 Å². The first-order chi connectivity index (χ1) is 21.8. The minimum Gasteiger partial charge on any atom is -0.445 e. The highest BCUT2D eigenvalue weighted by molar-refractivity contribution is 7.46. The first-order valence-electron chi connectivity index (χ1n) is 15.0. The van der Waals surface area contributed by atoms with Crippen molar-refractivity contribution < 1.29 is 42.8 Å². The molecule has 0 spiro atoms. The van der Waals surface area contributed by atoms with Crippen LogP contribution in [-0.2, 0) is 36.7 Å². The molecule has 4 rings (SSSR count). The number of hydrogen-bond acceptors (Lipinski definition) is 8. The number of benzene rings is 2. The van der Waals surface area contributed by atoms with Gasteiger partial charge in [0.2, 0.25) is 17.7 Å². The van der Waals surface area contributed by atoms with Gasteiger partial charge in [-0.2, -0.15) is 0 Å². The van der Waals surface area contributed by atoms with Crippen molar-refractivity contribution in [1.82, 2.24) is 16.0 Å². The summed E-state index contributed by atoms with van der Waals surface area (Å²) in [6, 6.07) is 10.6. The van der Waals surface area contributed by atoms with Crippen LogP contribution in [-0.4, -0.2) is 51.2 Å². The Hall–Kier alpha value is -4.39. The Morgan fingerprint density at radius 1 is 1.02 bits per heavy atom. The monoisotopic (exact) mass is 657 g/mol. The molecule has 14 nitrogen and oxygen atoms in total. The SMILES string of the molecule is NC(=O)[C@@H]1CCC=C[C@@H]1NC(=O)C1(NC(=O)[C@H](Cc2ccc(OP(=O)(O)O)cc2)NC(=O)OCc2cccc(N)c2)CCCCC1. The van der Waals surface area contributed by atoms with Gasteiger partial charge in [-0.1, -0.05) is 55.7 Å². The molecule has 0 saturated heterocycles. The Balaban J connectivity index is 1.53. The molecular weight excluding hydrogens is 617 g/mol. The molecule has 0 heterocycles. The molecule has 0 bridgehead atoms. The second-order valence-corrected chi connectivity index (χ2v) is 12.8. The predicted octanol–water partition coefficient (Wildman–Crippen LogP) is 2.33. The number of carbonyl (C=O) groups is 4. The lowest BCUT2D eigenvalue weighted by Gasteiger charge is -2.39. The van der Waals surface area contributed by atoms with Gasteiger partial charge in [0.1, 0.15) is 23.9 Å². The van der Waals surface area contributed by atoms with Gasteiger partial charge in [0, 0.05) is 12.1 Å². The van der Waals surface area contributed by atoms with E-state index >= 15 is 0 Å². The van der Waals surface area contributed by atoms with E-state index in [0.29, 0.717) is 55.3 Å². The van der Waals surface area contributed by atoms with Gasteiger partial charge >= 0.3 is 13.9 Å². The van der Waals surface area contributed by atoms with E-state index in [1.807, 2.05) is 6.08 Å². The molecule has 4 amide bonds. The minimum absolute atomic E-state index is 0.0534. The average molecular weight is 658 g/mol. The lowest BCUT2D eigenvalue weighted by atomic mass is 9.79. The number of carbonyl (C=O) groups excluding carboxylic acids is 4. The lowest BCUT2D eigenvalue weighted by molar-refractivity contribution is -0.136. The fourth-order valence-electron chi connectivity index (χ4n) is 5.76. The highest BCUT2D eigenvalue weighted by Crippen LogP contribution is 2.37. The van der Waals surface area contributed by atoms with Gasteiger partial charge in [0.05, 0.1) is 12.0 Å². The third-order valence-corrected chi connectivity index (χ3v) is 8.55. The molecule has 0 aromatic heterocycles. The van der Waals surface area contributed by atoms with E-state index in [2.05, 4.69) is 20.5 Å². The number of nitrogen functional groups attached to an aromatic ring is 1. The van der Waals surface area contributed by atoms with Gasteiger partial charge in [-0.25, -0.2) is 9.36 Å². The maximum absolute atomic E-state index is 13.9. The summed E-state index contributed by atoms with van der Waals surface area (Å²) in [5.74, 6) is -2.26. The molecular formula is C31H40N5O9P. The van der Waals surface area contributed by atoms with Crippen molar-refractivity contribution in [2.24, 2.45) is 11.7 Å². The van der Waals surface area contributed by atoms with E-state index in [0.717, 1.165) is 6.42 Å². The van der Waals surface area contributed by atoms with E-state index in [-0.39, 0.29) is 18.8 Å². The number of phosphoric ester groups is 1. The second-order valence-electron chi connectivity index (χ2n) is 11.6. The Bertz CT molecular complexity index is 1490. The van der Waals surface area contributed by atoms with Crippen molar-refractivity contribution in [3.8, 4) is 5.75 Å². The number of ether oxygens (including phenoxy) is 1. The number of amides is 4. The number of nitrogens with two attached hydrogens (primary N) is 2. The van der Waals surface area contributed by atoms with Crippen LogP contribution in [0.1, 0.15) is 56.1 Å². The number of nitrogens with one attached hydrogen (secondary N) is 3. The summed E-state index contributed by atoms with van der Waals surface area (Å²) in [6.45, 7) is -0.109. The zero-order chi connectivity index (χ0) is 33.3. The molecule has 2 aromatic rings. The van der Waals surface area contributed by atoms with Gasteiger partial charge in [-0.05, 0) is 61.1 Å². The average Bonchev–Trinajstić information content (AvgIpc) is 3.00. The number of anilines is 1. The molecule has 3 atom stereocenters. The summed E-state index contributed by atoms with van der Waals surface area (Å²) in [7, 11) is -4.78. The van der Waals surface area contributed by atoms with Gasteiger partial charge < -0.3 is 36.7 Å². The fourth-order valence-corrected chi connectivity index (χ4v) is 6.16. The van der Waals surface area contributed by atoms with E-state index in [9.17, 15) is 23.7 Å². The van der Waals surface area contributed by atoms with Crippen molar-refractivity contribution in [1.29, 1.82) is 0 Å². The van der Waals surface area contributed by atoms with Crippen molar-refractivity contribution in [3.63, 3.8) is 0 Å².